The summed E-state index contributed by atoms with van der Waals surface area (Å²) in [6, 6.07) is 0.665. The van der Waals surface area contributed by atoms with E-state index in [-0.39, 0.29) is 12.1 Å². The minimum absolute atomic E-state index is 0.00415. The van der Waals surface area contributed by atoms with Gasteiger partial charge in [-0.15, -0.1) is 0 Å². The highest BCUT2D eigenvalue weighted by molar-refractivity contribution is 4.98. The highest BCUT2D eigenvalue weighted by atomic mass is 16.3. The second-order valence-electron chi connectivity index (χ2n) is 6.59. The van der Waals surface area contributed by atoms with Crippen molar-refractivity contribution < 1.29 is 5.11 Å². The van der Waals surface area contributed by atoms with Crippen LogP contribution in [0, 0.1) is 5.92 Å². The molecule has 1 aliphatic carbocycles. The van der Waals surface area contributed by atoms with Gasteiger partial charge in [0.25, 0.3) is 0 Å². The molecule has 2 rings (SSSR count). The summed E-state index contributed by atoms with van der Waals surface area (Å²) >= 11 is 0. The van der Waals surface area contributed by atoms with E-state index in [4.69, 9.17) is 0 Å². The summed E-state index contributed by atoms with van der Waals surface area (Å²) in [5.74, 6) is 0.634. The van der Waals surface area contributed by atoms with Crippen LogP contribution in [0.25, 0.3) is 0 Å². The summed E-state index contributed by atoms with van der Waals surface area (Å²) in [6.45, 7) is 7.36. The van der Waals surface area contributed by atoms with E-state index in [1.165, 1.54) is 45.4 Å². The largest absolute Gasteiger partial charge is 0.394 e. The minimum atomic E-state index is -0.00415. The number of likely N-dealkylation sites (N-methyl/N-ethyl adjacent to an activating group) is 2. The lowest BCUT2D eigenvalue weighted by atomic mass is 9.85. The first-order valence-corrected chi connectivity index (χ1v) is 7.83. The molecule has 0 aromatic carbocycles. The van der Waals surface area contributed by atoms with E-state index in [1.54, 1.807) is 0 Å². The molecule has 3 unspecified atom stereocenters. The van der Waals surface area contributed by atoms with Gasteiger partial charge < -0.3 is 15.3 Å². The summed E-state index contributed by atoms with van der Waals surface area (Å²) in [5.41, 5.74) is -0.00415. The number of hydrogen-bond acceptors (Lipinski definition) is 4. The predicted molar refractivity (Wildman–Crippen MR) is 79.4 cm³/mol. The maximum absolute atomic E-state index is 9.73. The topological polar surface area (TPSA) is 38.7 Å². The van der Waals surface area contributed by atoms with E-state index in [2.05, 4.69) is 29.1 Å². The summed E-state index contributed by atoms with van der Waals surface area (Å²) < 4.78 is 0. The van der Waals surface area contributed by atoms with Gasteiger partial charge in [-0.3, -0.25) is 4.90 Å². The molecular weight excluding hydrogens is 238 g/mol. The van der Waals surface area contributed by atoms with Crippen LogP contribution in [0.2, 0.25) is 0 Å². The van der Waals surface area contributed by atoms with Crippen LogP contribution < -0.4 is 5.32 Å². The molecule has 112 valence electrons. The summed E-state index contributed by atoms with van der Waals surface area (Å²) in [6.07, 6.45) is 4.87. The standard InChI is InChI=1S/C15H31N3O/c1-13-11-17(3)9-10-18(13)8-6-14-5-4-7-15(14,12-19)16-2/h13-14,16,19H,4-12H2,1-3H3. The Hall–Kier alpha value is -0.160. The Bertz CT molecular complexity index is 281. The minimum Gasteiger partial charge on any atom is -0.394 e. The highest BCUT2D eigenvalue weighted by Crippen LogP contribution is 2.37. The van der Waals surface area contributed by atoms with E-state index in [1.807, 2.05) is 7.05 Å². The van der Waals surface area contributed by atoms with Crippen molar-refractivity contribution in [2.24, 2.45) is 5.92 Å². The Balaban J connectivity index is 1.84. The Morgan fingerprint density at radius 1 is 1.37 bits per heavy atom. The first-order chi connectivity index (χ1) is 9.11. The van der Waals surface area contributed by atoms with Crippen LogP contribution in [0.15, 0.2) is 0 Å². The highest BCUT2D eigenvalue weighted by Gasteiger charge is 2.41. The third-order valence-corrected chi connectivity index (χ3v) is 5.47. The van der Waals surface area contributed by atoms with Gasteiger partial charge in [0.15, 0.2) is 0 Å². The third-order valence-electron chi connectivity index (χ3n) is 5.47. The zero-order valence-electron chi connectivity index (χ0n) is 12.9. The van der Waals surface area contributed by atoms with Crippen LogP contribution in [0.1, 0.15) is 32.6 Å². The zero-order chi connectivity index (χ0) is 13.9. The monoisotopic (exact) mass is 269 g/mol. The summed E-state index contributed by atoms with van der Waals surface area (Å²) in [5, 5.41) is 13.1. The molecule has 1 saturated heterocycles. The second-order valence-corrected chi connectivity index (χ2v) is 6.59. The molecule has 4 nitrogen and oxygen atoms in total. The lowest BCUT2D eigenvalue weighted by molar-refractivity contribution is 0.0780. The summed E-state index contributed by atoms with van der Waals surface area (Å²) in [7, 11) is 4.22. The van der Waals surface area contributed by atoms with Crippen molar-refractivity contribution >= 4 is 0 Å². The van der Waals surface area contributed by atoms with Crippen LogP contribution in [-0.2, 0) is 0 Å². The van der Waals surface area contributed by atoms with Crippen molar-refractivity contribution in [3.8, 4) is 0 Å². The fourth-order valence-electron chi connectivity index (χ4n) is 4.01. The maximum Gasteiger partial charge on any atom is 0.0615 e. The molecule has 1 saturated carbocycles. The lowest BCUT2D eigenvalue weighted by Gasteiger charge is -2.40. The molecule has 2 fully saturated rings. The van der Waals surface area contributed by atoms with Gasteiger partial charge in [0.1, 0.15) is 0 Å². The second kappa shape index (κ2) is 6.53. The number of aliphatic hydroxyl groups excluding tert-OH is 1. The van der Waals surface area contributed by atoms with E-state index in [0.717, 1.165) is 6.42 Å². The molecule has 0 aromatic rings. The molecule has 1 heterocycles. The fourth-order valence-corrected chi connectivity index (χ4v) is 4.01. The van der Waals surface area contributed by atoms with Crippen LogP contribution in [0.3, 0.4) is 0 Å². The molecule has 3 atom stereocenters. The quantitative estimate of drug-likeness (QED) is 0.773. The molecule has 0 amide bonds. The van der Waals surface area contributed by atoms with Gasteiger partial charge in [-0.1, -0.05) is 6.42 Å². The van der Waals surface area contributed by atoms with Crippen molar-refractivity contribution in [3.63, 3.8) is 0 Å². The van der Waals surface area contributed by atoms with Gasteiger partial charge in [-0.25, -0.2) is 0 Å². The van der Waals surface area contributed by atoms with Gasteiger partial charge in [-0.05, 0) is 52.7 Å². The first kappa shape index (κ1) is 15.2. The molecule has 0 radical (unpaired) electrons. The predicted octanol–water partition coefficient (Wildman–Crippen LogP) is 0.763. The molecule has 4 heteroatoms. The van der Waals surface area contributed by atoms with Crippen molar-refractivity contribution in [3.05, 3.63) is 0 Å². The van der Waals surface area contributed by atoms with E-state index in [9.17, 15) is 5.11 Å². The van der Waals surface area contributed by atoms with Crippen LogP contribution in [0.4, 0.5) is 0 Å². The average molecular weight is 269 g/mol. The number of aliphatic hydroxyl groups is 1. The van der Waals surface area contributed by atoms with Gasteiger partial charge in [-0.2, -0.15) is 0 Å². The Labute approximate surface area is 118 Å². The van der Waals surface area contributed by atoms with Crippen molar-refractivity contribution in [1.82, 2.24) is 15.1 Å². The van der Waals surface area contributed by atoms with Crippen molar-refractivity contribution in [1.29, 1.82) is 0 Å². The summed E-state index contributed by atoms with van der Waals surface area (Å²) in [4.78, 5) is 5.04. The molecule has 19 heavy (non-hydrogen) atoms. The molecule has 0 aromatic heterocycles. The third kappa shape index (κ3) is 3.30. The number of piperazine rings is 1. The molecule has 1 aliphatic heterocycles. The number of hydrogen-bond donors (Lipinski definition) is 2. The van der Waals surface area contributed by atoms with E-state index in [0.29, 0.717) is 12.0 Å². The number of nitrogens with one attached hydrogen (secondary N) is 1. The smallest absolute Gasteiger partial charge is 0.0615 e. The van der Waals surface area contributed by atoms with Crippen LogP contribution in [0.5, 0.6) is 0 Å². The van der Waals surface area contributed by atoms with Crippen molar-refractivity contribution in [2.45, 2.75) is 44.2 Å². The molecule has 2 N–H and O–H groups in total. The number of nitrogens with zero attached hydrogens (tertiary/aromatic N) is 2. The first-order valence-electron chi connectivity index (χ1n) is 7.83. The van der Waals surface area contributed by atoms with Crippen LogP contribution >= 0.6 is 0 Å². The van der Waals surface area contributed by atoms with Crippen molar-refractivity contribution in [2.75, 3.05) is 46.9 Å². The average Bonchev–Trinajstić information content (AvgIpc) is 2.81. The zero-order valence-corrected chi connectivity index (χ0v) is 12.9. The Morgan fingerprint density at radius 3 is 2.79 bits per heavy atom. The van der Waals surface area contributed by atoms with Gasteiger partial charge >= 0.3 is 0 Å². The van der Waals surface area contributed by atoms with Gasteiger partial charge in [0.2, 0.25) is 0 Å². The Morgan fingerprint density at radius 2 is 2.16 bits per heavy atom. The molecule has 0 spiro atoms. The maximum atomic E-state index is 9.73. The van der Waals surface area contributed by atoms with E-state index >= 15 is 0 Å². The normalized spacial score (nSPS) is 37.9. The molecule has 2 aliphatic rings. The van der Waals surface area contributed by atoms with E-state index < -0.39 is 0 Å². The number of rotatable bonds is 5. The van der Waals surface area contributed by atoms with Gasteiger partial charge in [0.05, 0.1) is 6.61 Å². The Kier molecular flexibility index (Phi) is 5.23. The lowest BCUT2D eigenvalue weighted by Crippen LogP contribution is -2.53. The fraction of sp³-hybridized carbons (Fsp3) is 1.00. The SMILES string of the molecule is CNC1(CO)CCCC1CCN1CCN(C)CC1C. The van der Waals surface area contributed by atoms with Crippen LogP contribution in [-0.4, -0.2) is 73.4 Å². The molecule has 0 bridgehead atoms. The van der Waals surface area contributed by atoms with Gasteiger partial charge in [0, 0.05) is 31.2 Å². The molecular formula is C15H31N3O.